The molecule has 1 aromatic heterocycles. The van der Waals surface area contributed by atoms with E-state index in [0.29, 0.717) is 11.2 Å². The van der Waals surface area contributed by atoms with Crippen molar-refractivity contribution in [3.8, 4) is 0 Å². The largest absolute Gasteiger partial charge is 0.292 e. The summed E-state index contributed by atoms with van der Waals surface area (Å²) in [7, 11) is 0. The van der Waals surface area contributed by atoms with Crippen LogP contribution in [0, 0.1) is 0 Å². The van der Waals surface area contributed by atoms with Gasteiger partial charge in [-0.2, -0.15) is 0 Å². The Morgan fingerprint density at radius 1 is 1.10 bits per heavy atom. The van der Waals surface area contributed by atoms with E-state index in [1.165, 1.54) is 30.4 Å². The van der Waals surface area contributed by atoms with Gasteiger partial charge in [0.2, 0.25) is 0 Å². The molecule has 0 radical (unpaired) electrons. The van der Waals surface area contributed by atoms with E-state index < -0.39 is 0 Å². The highest BCUT2D eigenvalue weighted by Gasteiger charge is 2.24. The number of halogens is 1. The van der Waals surface area contributed by atoms with E-state index in [2.05, 4.69) is 46.3 Å². The minimum Gasteiger partial charge on any atom is -0.292 e. The first-order chi connectivity index (χ1) is 9.83. The van der Waals surface area contributed by atoms with Gasteiger partial charge in [0, 0.05) is 18.8 Å². The summed E-state index contributed by atoms with van der Waals surface area (Å²) in [5, 5.41) is 0.569. The van der Waals surface area contributed by atoms with Crippen molar-refractivity contribution in [1.82, 2.24) is 9.88 Å². The third-order valence-electron chi connectivity index (χ3n) is 3.98. The van der Waals surface area contributed by atoms with Crippen LogP contribution in [0.5, 0.6) is 0 Å². The van der Waals surface area contributed by atoms with Crippen molar-refractivity contribution in [2.45, 2.75) is 31.8 Å². The van der Waals surface area contributed by atoms with Gasteiger partial charge in [-0.1, -0.05) is 54.4 Å². The van der Waals surface area contributed by atoms with Crippen LogP contribution in [0.15, 0.2) is 48.7 Å². The molecule has 20 heavy (non-hydrogen) atoms. The molecule has 0 aliphatic carbocycles. The van der Waals surface area contributed by atoms with Crippen LogP contribution in [-0.2, 0) is 6.54 Å². The van der Waals surface area contributed by atoms with Gasteiger partial charge in [0.05, 0.1) is 0 Å². The summed E-state index contributed by atoms with van der Waals surface area (Å²) in [6.07, 6.45) is 5.70. The van der Waals surface area contributed by atoms with Crippen molar-refractivity contribution >= 4 is 11.6 Å². The molecule has 1 saturated heterocycles. The Labute approximate surface area is 125 Å². The second kappa shape index (κ2) is 6.38. The predicted molar refractivity (Wildman–Crippen MR) is 82.7 cm³/mol. The lowest BCUT2D eigenvalue weighted by atomic mass is 9.96. The zero-order chi connectivity index (χ0) is 13.8. The molecule has 3 heteroatoms. The molecule has 1 aromatic carbocycles. The summed E-state index contributed by atoms with van der Waals surface area (Å²) in [5.41, 5.74) is 2.66. The molecule has 2 aromatic rings. The average Bonchev–Trinajstić information content (AvgIpc) is 2.50. The van der Waals surface area contributed by atoms with Crippen LogP contribution < -0.4 is 0 Å². The van der Waals surface area contributed by atoms with Gasteiger partial charge in [0.25, 0.3) is 0 Å². The van der Waals surface area contributed by atoms with E-state index in [1.807, 2.05) is 12.3 Å². The van der Waals surface area contributed by atoms with Gasteiger partial charge in [-0.15, -0.1) is 0 Å². The molecule has 0 unspecified atom stereocenters. The monoisotopic (exact) mass is 286 g/mol. The molecule has 0 spiro atoms. The quantitative estimate of drug-likeness (QED) is 0.774. The number of hydrogen-bond acceptors (Lipinski definition) is 2. The molecule has 2 heterocycles. The summed E-state index contributed by atoms with van der Waals surface area (Å²) >= 11 is 5.89. The molecule has 0 saturated carbocycles. The standard InChI is InChI=1S/C17H19ClN2/c18-17-10-9-15(12-19-17)16-8-4-5-11-20(16)13-14-6-2-1-3-7-14/h1-3,6-7,9-10,12,16H,4-5,8,11,13H2/t16-/m0/s1. The second-order valence-corrected chi connectivity index (χ2v) is 5.77. The van der Waals surface area contributed by atoms with Crippen LogP contribution in [0.1, 0.15) is 36.4 Å². The topological polar surface area (TPSA) is 16.1 Å². The maximum absolute atomic E-state index is 5.89. The van der Waals surface area contributed by atoms with Crippen LogP contribution >= 0.6 is 11.6 Å². The van der Waals surface area contributed by atoms with E-state index in [-0.39, 0.29) is 0 Å². The van der Waals surface area contributed by atoms with Crippen molar-refractivity contribution < 1.29 is 0 Å². The second-order valence-electron chi connectivity index (χ2n) is 5.38. The summed E-state index contributed by atoms with van der Waals surface area (Å²) in [6, 6.07) is 15.2. The number of nitrogens with zero attached hydrogens (tertiary/aromatic N) is 2. The number of hydrogen-bond donors (Lipinski definition) is 0. The Morgan fingerprint density at radius 3 is 2.70 bits per heavy atom. The van der Waals surface area contributed by atoms with Gasteiger partial charge < -0.3 is 0 Å². The normalized spacial score (nSPS) is 19.9. The molecule has 0 bridgehead atoms. The van der Waals surface area contributed by atoms with Crippen LogP contribution in [0.4, 0.5) is 0 Å². The van der Waals surface area contributed by atoms with Gasteiger partial charge in [-0.05, 0) is 36.6 Å². The summed E-state index contributed by atoms with van der Waals surface area (Å²) < 4.78 is 0. The lowest BCUT2D eigenvalue weighted by molar-refractivity contribution is 0.140. The molecular weight excluding hydrogens is 268 g/mol. The fourth-order valence-electron chi connectivity index (χ4n) is 2.96. The first kappa shape index (κ1) is 13.6. The number of aromatic nitrogens is 1. The van der Waals surface area contributed by atoms with Gasteiger partial charge >= 0.3 is 0 Å². The number of likely N-dealkylation sites (tertiary alicyclic amines) is 1. The minimum atomic E-state index is 0.466. The molecule has 1 atom stereocenters. The highest BCUT2D eigenvalue weighted by atomic mass is 35.5. The van der Waals surface area contributed by atoms with E-state index in [0.717, 1.165) is 13.1 Å². The maximum atomic E-state index is 5.89. The highest BCUT2D eigenvalue weighted by molar-refractivity contribution is 6.29. The number of rotatable bonds is 3. The molecule has 1 fully saturated rings. The van der Waals surface area contributed by atoms with Crippen molar-refractivity contribution in [2.75, 3.05) is 6.54 Å². The number of pyridine rings is 1. The molecule has 3 rings (SSSR count). The lowest BCUT2D eigenvalue weighted by Crippen LogP contribution is -2.32. The van der Waals surface area contributed by atoms with Crippen molar-refractivity contribution in [3.63, 3.8) is 0 Å². The van der Waals surface area contributed by atoms with Crippen molar-refractivity contribution in [3.05, 3.63) is 64.9 Å². The summed E-state index contributed by atoms with van der Waals surface area (Å²) in [6.45, 7) is 2.16. The SMILES string of the molecule is Clc1ccc([C@@H]2CCCCN2Cc2ccccc2)cn1. The zero-order valence-corrected chi connectivity index (χ0v) is 12.3. The van der Waals surface area contributed by atoms with E-state index in [1.54, 1.807) is 0 Å². The fraction of sp³-hybridized carbons (Fsp3) is 0.353. The van der Waals surface area contributed by atoms with Gasteiger partial charge in [-0.25, -0.2) is 4.98 Å². The highest BCUT2D eigenvalue weighted by Crippen LogP contribution is 2.32. The minimum absolute atomic E-state index is 0.466. The smallest absolute Gasteiger partial charge is 0.129 e. The molecule has 1 aliphatic heterocycles. The number of piperidine rings is 1. The molecule has 104 valence electrons. The Bertz CT molecular complexity index is 539. The van der Waals surface area contributed by atoms with Gasteiger partial charge in [-0.3, -0.25) is 4.90 Å². The Hall–Kier alpha value is -1.38. The van der Waals surface area contributed by atoms with Crippen molar-refractivity contribution in [2.24, 2.45) is 0 Å². The Morgan fingerprint density at radius 2 is 1.95 bits per heavy atom. The molecule has 1 aliphatic rings. The lowest BCUT2D eigenvalue weighted by Gasteiger charge is -2.36. The van der Waals surface area contributed by atoms with E-state index >= 15 is 0 Å². The van der Waals surface area contributed by atoms with Crippen LogP contribution in [-0.4, -0.2) is 16.4 Å². The molecule has 2 nitrogen and oxygen atoms in total. The van der Waals surface area contributed by atoms with Crippen molar-refractivity contribution in [1.29, 1.82) is 0 Å². The van der Waals surface area contributed by atoms with Crippen LogP contribution in [0.2, 0.25) is 5.15 Å². The average molecular weight is 287 g/mol. The molecule has 0 amide bonds. The molecular formula is C17H19ClN2. The van der Waals surface area contributed by atoms with Crippen LogP contribution in [0.3, 0.4) is 0 Å². The zero-order valence-electron chi connectivity index (χ0n) is 11.5. The first-order valence-electron chi connectivity index (χ1n) is 7.22. The van der Waals surface area contributed by atoms with Gasteiger partial charge in [0.15, 0.2) is 0 Å². The fourth-order valence-corrected chi connectivity index (χ4v) is 3.07. The third-order valence-corrected chi connectivity index (χ3v) is 4.20. The first-order valence-corrected chi connectivity index (χ1v) is 7.60. The van der Waals surface area contributed by atoms with E-state index in [9.17, 15) is 0 Å². The number of benzene rings is 1. The Kier molecular flexibility index (Phi) is 4.34. The van der Waals surface area contributed by atoms with Crippen LogP contribution in [0.25, 0.3) is 0 Å². The Balaban J connectivity index is 1.78. The predicted octanol–water partition coefficient (Wildman–Crippen LogP) is 4.46. The third kappa shape index (κ3) is 3.20. The summed E-state index contributed by atoms with van der Waals surface area (Å²) in [5.74, 6) is 0. The summed E-state index contributed by atoms with van der Waals surface area (Å²) in [4.78, 5) is 6.79. The van der Waals surface area contributed by atoms with E-state index in [4.69, 9.17) is 11.6 Å². The molecule has 0 N–H and O–H groups in total. The maximum Gasteiger partial charge on any atom is 0.129 e. The van der Waals surface area contributed by atoms with Gasteiger partial charge in [0.1, 0.15) is 5.15 Å².